The molecule has 0 radical (unpaired) electrons. The van der Waals surface area contributed by atoms with Crippen molar-refractivity contribution in [2.45, 2.75) is 23.3 Å². The van der Waals surface area contributed by atoms with Crippen molar-refractivity contribution in [3.05, 3.63) is 59.9 Å². The minimum absolute atomic E-state index is 0.169. The van der Waals surface area contributed by atoms with Gasteiger partial charge < -0.3 is 5.32 Å². The van der Waals surface area contributed by atoms with E-state index in [-0.39, 0.29) is 10.9 Å². The van der Waals surface area contributed by atoms with Gasteiger partial charge in [-0.15, -0.1) is 0 Å². The molecule has 3 rings (SSSR count). The second-order valence-corrected chi connectivity index (χ2v) is 6.75. The molecule has 6 heteroatoms. The molecule has 1 saturated carbocycles. The molecule has 1 aliphatic carbocycles. The lowest BCUT2D eigenvalue weighted by molar-refractivity contribution is 0.593. The summed E-state index contributed by atoms with van der Waals surface area (Å²) in [5.41, 5.74) is 1.52. The van der Waals surface area contributed by atoms with E-state index in [4.69, 9.17) is 5.14 Å². The van der Waals surface area contributed by atoms with Gasteiger partial charge in [0.05, 0.1) is 10.6 Å². The van der Waals surface area contributed by atoms with Gasteiger partial charge in [-0.25, -0.2) is 17.9 Å². The van der Waals surface area contributed by atoms with Crippen molar-refractivity contribution in [1.29, 1.82) is 0 Å². The van der Waals surface area contributed by atoms with Gasteiger partial charge >= 0.3 is 0 Å². The van der Waals surface area contributed by atoms with Gasteiger partial charge in [0.15, 0.2) is 0 Å². The van der Waals surface area contributed by atoms with E-state index in [1.54, 1.807) is 0 Å². The van der Waals surface area contributed by atoms with Gasteiger partial charge in [-0.2, -0.15) is 0 Å². The maximum Gasteiger partial charge on any atom is 0.238 e. The van der Waals surface area contributed by atoms with Crippen molar-refractivity contribution in [1.82, 2.24) is 0 Å². The van der Waals surface area contributed by atoms with E-state index in [9.17, 15) is 12.8 Å². The van der Waals surface area contributed by atoms with Crippen LogP contribution in [-0.4, -0.2) is 14.5 Å². The zero-order valence-electron chi connectivity index (χ0n) is 11.2. The van der Waals surface area contributed by atoms with Crippen LogP contribution in [0.3, 0.4) is 0 Å². The topological polar surface area (TPSA) is 72.2 Å². The predicted molar refractivity (Wildman–Crippen MR) is 79.0 cm³/mol. The first-order valence-electron chi connectivity index (χ1n) is 6.59. The smallest absolute Gasteiger partial charge is 0.238 e. The number of benzene rings is 2. The third-order valence-corrected chi connectivity index (χ3v) is 4.54. The zero-order valence-corrected chi connectivity index (χ0v) is 12.0. The van der Waals surface area contributed by atoms with Crippen LogP contribution >= 0.6 is 0 Å². The quantitative estimate of drug-likeness (QED) is 0.911. The first kappa shape index (κ1) is 14.0. The molecule has 3 N–H and O–H groups in total. The summed E-state index contributed by atoms with van der Waals surface area (Å²) in [4.78, 5) is -0.221. The predicted octanol–water partition coefficient (Wildman–Crippen LogP) is 2.44. The molecule has 0 aromatic heterocycles. The molecule has 0 aliphatic heterocycles. The van der Waals surface area contributed by atoms with Gasteiger partial charge in [0.1, 0.15) is 5.82 Å². The van der Waals surface area contributed by atoms with Crippen molar-refractivity contribution in [2.24, 2.45) is 5.14 Å². The van der Waals surface area contributed by atoms with E-state index in [0.29, 0.717) is 11.6 Å². The summed E-state index contributed by atoms with van der Waals surface area (Å²) in [6.07, 6.45) is 0.931. The zero-order chi connectivity index (χ0) is 15.0. The number of anilines is 1. The molecule has 2 unspecified atom stereocenters. The number of nitrogens with one attached hydrogen (secondary N) is 1. The van der Waals surface area contributed by atoms with Gasteiger partial charge in [0.2, 0.25) is 10.0 Å². The number of hydrogen-bond donors (Lipinski definition) is 2. The molecule has 1 fully saturated rings. The molecule has 4 nitrogen and oxygen atoms in total. The number of primary sulfonamides is 1. The Kier molecular flexibility index (Phi) is 3.43. The first-order valence-corrected chi connectivity index (χ1v) is 8.13. The van der Waals surface area contributed by atoms with Crippen LogP contribution in [-0.2, 0) is 10.0 Å². The van der Waals surface area contributed by atoms with Crippen molar-refractivity contribution in [3.63, 3.8) is 0 Å². The lowest BCUT2D eigenvalue weighted by Gasteiger charge is -2.08. The highest BCUT2D eigenvalue weighted by Gasteiger charge is 2.38. The second-order valence-electron chi connectivity index (χ2n) is 5.19. The fraction of sp³-hybridized carbons (Fsp3) is 0.200. The summed E-state index contributed by atoms with van der Waals surface area (Å²) in [5.74, 6) is -0.247. The molecular weight excluding hydrogens is 291 g/mol. The fourth-order valence-electron chi connectivity index (χ4n) is 2.41. The average molecular weight is 306 g/mol. The molecule has 2 aromatic carbocycles. The molecule has 0 saturated heterocycles. The number of rotatable bonds is 4. The van der Waals surface area contributed by atoms with Crippen molar-refractivity contribution < 1.29 is 12.8 Å². The lowest BCUT2D eigenvalue weighted by atomic mass is 10.1. The van der Waals surface area contributed by atoms with E-state index < -0.39 is 15.8 Å². The number of hydrogen-bond acceptors (Lipinski definition) is 3. The van der Waals surface area contributed by atoms with Crippen LogP contribution in [0, 0.1) is 5.82 Å². The van der Waals surface area contributed by atoms with Crippen LogP contribution < -0.4 is 10.5 Å². The van der Waals surface area contributed by atoms with E-state index in [1.807, 2.05) is 30.3 Å². The first-order chi connectivity index (χ1) is 9.95. The van der Waals surface area contributed by atoms with Gasteiger partial charge in [0, 0.05) is 12.0 Å². The monoisotopic (exact) mass is 306 g/mol. The molecular formula is C15H15FN2O2S. The summed E-state index contributed by atoms with van der Waals surface area (Å²) in [7, 11) is -3.88. The Bertz CT molecular complexity index is 762. The van der Waals surface area contributed by atoms with E-state index in [0.717, 1.165) is 12.5 Å². The lowest BCUT2D eigenvalue weighted by Crippen LogP contribution is -2.13. The van der Waals surface area contributed by atoms with Crippen LogP contribution in [0.1, 0.15) is 17.9 Å². The number of halogens is 1. The van der Waals surface area contributed by atoms with E-state index in [1.165, 1.54) is 17.7 Å². The van der Waals surface area contributed by atoms with Gasteiger partial charge in [0.25, 0.3) is 0 Å². The largest absolute Gasteiger partial charge is 0.379 e. The molecule has 0 bridgehead atoms. The fourth-order valence-corrected chi connectivity index (χ4v) is 2.94. The molecule has 0 amide bonds. The third kappa shape index (κ3) is 3.06. The number of nitrogens with two attached hydrogens (primary N) is 1. The van der Waals surface area contributed by atoms with Crippen molar-refractivity contribution in [3.8, 4) is 0 Å². The summed E-state index contributed by atoms with van der Waals surface area (Å²) in [6, 6.07) is 13.8. The minimum Gasteiger partial charge on any atom is -0.379 e. The standard InChI is InChI=1S/C15H15FN2O2S/c16-13-8-11(21(17,19)20)6-7-14(13)18-15-9-12(15)10-4-2-1-3-5-10/h1-8,12,15,18H,9H2,(H2,17,19,20). The summed E-state index contributed by atoms with van der Waals surface area (Å²) < 4.78 is 36.2. The van der Waals surface area contributed by atoms with Crippen molar-refractivity contribution in [2.75, 3.05) is 5.32 Å². The molecule has 0 spiro atoms. The maximum absolute atomic E-state index is 13.9. The molecule has 110 valence electrons. The van der Waals surface area contributed by atoms with Crippen LogP contribution in [0.25, 0.3) is 0 Å². The maximum atomic E-state index is 13.9. The van der Waals surface area contributed by atoms with Crippen LogP contribution in [0.2, 0.25) is 0 Å². The normalized spacial score (nSPS) is 21.0. The highest BCUT2D eigenvalue weighted by Crippen LogP contribution is 2.43. The Labute approximate surface area is 122 Å². The Morgan fingerprint density at radius 3 is 2.48 bits per heavy atom. The summed E-state index contributed by atoms with van der Waals surface area (Å²) >= 11 is 0. The van der Waals surface area contributed by atoms with Gasteiger partial charge in [-0.1, -0.05) is 30.3 Å². The van der Waals surface area contributed by atoms with Gasteiger partial charge in [-0.3, -0.25) is 0 Å². The van der Waals surface area contributed by atoms with Crippen molar-refractivity contribution >= 4 is 15.7 Å². The second kappa shape index (κ2) is 5.13. The van der Waals surface area contributed by atoms with Crippen LogP contribution in [0.4, 0.5) is 10.1 Å². The highest BCUT2D eigenvalue weighted by molar-refractivity contribution is 7.89. The SMILES string of the molecule is NS(=O)(=O)c1ccc(NC2CC2c2ccccc2)c(F)c1. The van der Waals surface area contributed by atoms with E-state index >= 15 is 0 Å². The average Bonchev–Trinajstić information content (AvgIpc) is 3.20. The molecule has 21 heavy (non-hydrogen) atoms. The molecule has 2 atom stereocenters. The van der Waals surface area contributed by atoms with Crippen LogP contribution in [0.5, 0.6) is 0 Å². The molecule has 1 aliphatic rings. The third-order valence-electron chi connectivity index (χ3n) is 3.63. The Morgan fingerprint density at radius 1 is 1.14 bits per heavy atom. The molecule has 0 heterocycles. The Hall–Kier alpha value is -1.92. The van der Waals surface area contributed by atoms with Crippen LogP contribution in [0.15, 0.2) is 53.4 Å². The Balaban J connectivity index is 1.73. The molecule has 2 aromatic rings. The summed E-state index contributed by atoms with van der Waals surface area (Å²) in [5, 5.41) is 8.07. The minimum atomic E-state index is -3.88. The highest BCUT2D eigenvalue weighted by atomic mass is 32.2. The summed E-state index contributed by atoms with van der Waals surface area (Å²) in [6.45, 7) is 0. The van der Waals surface area contributed by atoms with Gasteiger partial charge in [-0.05, 0) is 30.2 Å². The Morgan fingerprint density at radius 2 is 1.86 bits per heavy atom. The number of sulfonamides is 1. The van der Waals surface area contributed by atoms with E-state index in [2.05, 4.69) is 5.32 Å².